The molecule has 1 fully saturated rings. The van der Waals surface area contributed by atoms with Gasteiger partial charge >= 0.3 is 11.8 Å². The molecule has 2 aromatic rings. The molecule has 1 unspecified atom stereocenters. The highest BCUT2D eigenvalue weighted by atomic mass is 19.1. The highest BCUT2D eigenvalue weighted by Crippen LogP contribution is 2.43. The SMILES string of the molecule is O=C(NCc1ccc(F)cc1)C(=O)N1CCC2(C1)OCc1ccccc12. The van der Waals surface area contributed by atoms with Crippen LogP contribution in [0.25, 0.3) is 0 Å². The minimum absolute atomic E-state index is 0.184. The van der Waals surface area contributed by atoms with Crippen LogP contribution >= 0.6 is 0 Å². The summed E-state index contributed by atoms with van der Waals surface area (Å²) in [5, 5.41) is 2.60. The lowest BCUT2D eigenvalue weighted by atomic mass is 9.92. The Morgan fingerprint density at radius 2 is 1.92 bits per heavy atom. The van der Waals surface area contributed by atoms with E-state index in [1.807, 2.05) is 24.3 Å². The predicted molar refractivity (Wildman–Crippen MR) is 92.4 cm³/mol. The summed E-state index contributed by atoms with van der Waals surface area (Å²) in [5.41, 5.74) is 2.49. The average Bonchev–Trinajstić information content (AvgIpc) is 3.26. The topological polar surface area (TPSA) is 58.6 Å². The summed E-state index contributed by atoms with van der Waals surface area (Å²) in [6.07, 6.45) is 0.682. The van der Waals surface area contributed by atoms with Gasteiger partial charge in [-0.15, -0.1) is 0 Å². The van der Waals surface area contributed by atoms with Gasteiger partial charge in [-0.05, 0) is 35.2 Å². The van der Waals surface area contributed by atoms with Crippen LogP contribution in [-0.4, -0.2) is 29.8 Å². The molecule has 0 aliphatic carbocycles. The third kappa shape index (κ3) is 2.97. The van der Waals surface area contributed by atoms with E-state index in [0.717, 1.165) is 16.7 Å². The van der Waals surface area contributed by atoms with Crippen LogP contribution in [0.5, 0.6) is 0 Å². The van der Waals surface area contributed by atoms with Crippen molar-refractivity contribution in [2.24, 2.45) is 0 Å². The zero-order valence-electron chi connectivity index (χ0n) is 14.2. The molecule has 2 heterocycles. The summed E-state index contributed by atoms with van der Waals surface area (Å²) in [7, 11) is 0. The molecule has 26 heavy (non-hydrogen) atoms. The second-order valence-corrected chi connectivity index (χ2v) is 6.73. The first-order valence-electron chi connectivity index (χ1n) is 8.61. The smallest absolute Gasteiger partial charge is 0.312 e. The molecule has 134 valence electrons. The summed E-state index contributed by atoms with van der Waals surface area (Å²) < 4.78 is 18.9. The Morgan fingerprint density at radius 3 is 2.73 bits per heavy atom. The summed E-state index contributed by atoms with van der Waals surface area (Å²) in [4.78, 5) is 26.2. The van der Waals surface area contributed by atoms with Gasteiger partial charge in [-0.1, -0.05) is 36.4 Å². The van der Waals surface area contributed by atoms with E-state index < -0.39 is 17.4 Å². The van der Waals surface area contributed by atoms with Crippen LogP contribution in [0.4, 0.5) is 4.39 Å². The number of amides is 2. The molecule has 1 saturated heterocycles. The fourth-order valence-electron chi connectivity index (χ4n) is 3.68. The Hall–Kier alpha value is -2.73. The highest BCUT2D eigenvalue weighted by molar-refractivity contribution is 6.35. The number of rotatable bonds is 2. The molecule has 1 N–H and O–H groups in total. The minimum atomic E-state index is -0.655. The van der Waals surface area contributed by atoms with Crippen molar-refractivity contribution in [2.75, 3.05) is 13.1 Å². The number of ether oxygens (including phenoxy) is 1. The van der Waals surface area contributed by atoms with Crippen molar-refractivity contribution in [3.05, 3.63) is 71.0 Å². The Bertz CT molecular complexity index is 852. The molecule has 0 bridgehead atoms. The Labute approximate surface area is 150 Å². The fourth-order valence-corrected chi connectivity index (χ4v) is 3.68. The molecule has 1 spiro atoms. The Kier molecular flexibility index (Phi) is 4.20. The van der Waals surface area contributed by atoms with Gasteiger partial charge in [0.2, 0.25) is 0 Å². The normalized spacial score (nSPS) is 21.0. The number of carbonyl (C=O) groups is 2. The van der Waals surface area contributed by atoms with E-state index in [1.54, 1.807) is 17.0 Å². The minimum Gasteiger partial charge on any atom is -0.364 e. The molecule has 2 aliphatic heterocycles. The monoisotopic (exact) mass is 354 g/mol. The van der Waals surface area contributed by atoms with E-state index in [4.69, 9.17) is 4.74 Å². The first-order chi connectivity index (χ1) is 12.6. The van der Waals surface area contributed by atoms with Crippen LogP contribution in [0.15, 0.2) is 48.5 Å². The third-order valence-electron chi connectivity index (χ3n) is 5.09. The summed E-state index contributed by atoms with van der Waals surface area (Å²) in [6, 6.07) is 13.8. The molecule has 2 aliphatic rings. The maximum absolute atomic E-state index is 12.9. The Balaban J connectivity index is 1.39. The van der Waals surface area contributed by atoms with E-state index >= 15 is 0 Å². The lowest BCUT2D eigenvalue weighted by Gasteiger charge is -2.24. The first kappa shape index (κ1) is 16.7. The highest BCUT2D eigenvalue weighted by Gasteiger charge is 2.47. The van der Waals surface area contributed by atoms with Gasteiger partial charge in [0.05, 0.1) is 13.2 Å². The molecule has 2 amide bonds. The van der Waals surface area contributed by atoms with Crippen LogP contribution in [0.1, 0.15) is 23.1 Å². The van der Waals surface area contributed by atoms with Gasteiger partial charge in [0, 0.05) is 13.1 Å². The molecule has 0 saturated carbocycles. The van der Waals surface area contributed by atoms with Gasteiger partial charge in [0.15, 0.2) is 0 Å². The van der Waals surface area contributed by atoms with E-state index in [1.165, 1.54) is 12.1 Å². The van der Waals surface area contributed by atoms with Gasteiger partial charge in [-0.25, -0.2) is 4.39 Å². The summed E-state index contributed by atoms with van der Waals surface area (Å²) in [6.45, 7) is 1.59. The molecular weight excluding hydrogens is 335 g/mol. The average molecular weight is 354 g/mol. The number of hydrogen-bond donors (Lipinski definition) is 1. The zero-order valence-corrected chi connectivity index (χ0v) is 14.2. The van der Waals surface area contributed by atoms with Gasteiger partial charge in [0.1, 0.15) is 11.4 Å². The van der Waals surface area contributed by atoms with E-state index in [0.29, 0.717) is 26.1 Å². The third-order valence-corrected chi connectivity index (χ3v) is 5.09. The van der Waals surface area contributed by atoms with Gasteiger partial charge in [0.25, 0.3) is 0 Å². The second-order valence-electron chi connectivity index (χ2n) is 6.73. The lowest BCUT2D eigenvalue weighted by molar-refractivity contribution is -0.146. The molecule has 5 nitrogen and oxygen atoms in total. The van der Waals surface area contributed by atoms with Gasteiger partial charge in [-0.2, -0.15) is 0 Å². The largest absolute Gasteiger partial charge is 0.364 e. The quantitative estimate of drug-likeness (QED) is 0.841. The molecular formula is C20H19FN2O3. The maximum atomic E-state index is 12.9. The molecule has 0 aromatic heterocycles. The number of benzene rings is 2. The standard InChI is InChI=1S/C20H19FN2O3/c21-16-7-5-14(6-8-16)11-22-18(24)19(25)23-10-9-20(13-23)17-4-2-1-3-15(17)12-26-20/h1-8H,9-13H2,(H,22,24). The zero-order chi connectivity index (χ0) is 18.1. The molecule has 2 aromatic carbocycles. The van der Waals surface area contributed by atoms with Crippen LogP contribution in [0.3, 0.4) is 0 Å². The first-order valence-corrected chi connectivity index (χ1v) is 8.61. The van der Waals surface area contributed by atoms with E-state index in [-0.39, 0.29) is 12.4 Å². The summed E-state index contributed by atoms with van der Waals surface area (Å²) >= 11 is 0. The molecule has 0 radical (unpaired) electrons. The maximum Gasteiger partial charge on any atom is 0.312 e. The van der Waals surface area contributed by atoms with Crippen molar-refractivity contribution in [1.29, 1.82) is 0 Å². The van der Waals surface area contributed by atoms with Crippen molar-refractivity contribution in [1.82, 2.24) is 10.2 Å². The fraction of sp³-hybridized carbons (Fsp3) is 0.300. The molecule has 1 atom stereocenters. The number of carbonyl (C=O) groups excluding carboxylic acids is 2. The number of nitrogens with one attached hydrogen (secondary N) is 1. The number of likely N-dealkylation sites (tertiary alicyclic amines) is 1. The second kappa shape index (κ2) is 6.53. The molecule has 6 heteroatoms. The van der Waals surface area contributed by atoms with Gasteiger partial charge in [-0.3, -0.25) is 9.59 Å². The summed E-state index contributed by atoms with van der Waals surface area (Å²) in [5.74, 6) is -1.55. The van der Waals surface area contributed by atoms with Crippen molar-refractivity contribution in [2.45, 2.75) is 25.2 Å². The number of halogens is 1. The van der Waals surface area contributed by atoms with Crippen molar-refractivity contribution >= 4 is 11.8 Å². The van der Waals surface area contributed by atoms with Crippen molar-refractivity contribution in [3.63, 3.8) is 0 Å². The van der Waals surface area contributed by atoms with E-state index in [2.05, 4.69) is 5.32 Å². The van der Waals surface area contributed by atoms with Crippen LogP contribution < -0.4 is 5.32 Å². The van der Waals surface area contributed by atoms with Gasteiger partial charge < -0.3 is 15.0 Å². The number of nitrogens with zero attached hydrogens (tertiary/aromatic N) is 1. The number of hydrogen-bond acceptors (Lipinski definition) is 3. The van der Waals surface area contributed by atoms with Crippen molar-refractivity contribution < 1.29 is 18.7 Å². The molecule has 4 rings (SSSR count). The number of fused-ring (bicyclic) bond motifs is 2. The van der Waals surface area contributed by atoms with E-state index in [9.17, 15) is 14.0 Å². The van der Waals surface area contributed by atoms with Crippen LogP contribution in [0, 0.1) is 5.82 Å². The van der Waals surface area contributed by atoms with Crippen LogP contribution in [-0.2, 0) is 33.1 Å². The predicted octanol–water partition coefficient (Wildman–Crippen LogP) is 2.10. The lowest BCUT2D eigenvalue weighted by Crippen LogP contribution is -2.43. The van der Waals surface area contributed by atoms with Crippen molar-refractivity contribution in [3.8, 4) is 0 Å². The Morgan fingerprint density at radius 1 is 1.15 bits per heavy atom. The van der Waals surface area contributed by atoms with Crippen LogP contribution in [0.2, 0.25) is 0 Å².